The van der Waals surface area contributed by atoms with E-state index in [2.05, 4.69) is 24.0 Å². The standard InChI is InChI=1S/C8H12N2/c1-4-8-7(6(2)3)5-9-10-8/h4-5,10H,1-3H3/b8-4+. The largest absolute Gasteiger partial charge is 0.278 e. The lowest BCUT2D eigenvalue weighted by Gasteiger charge is -1.81. The Morgan fingerprint density at radius 1 is 1.60 bits per heavy atom. The van der Waals surface area contributed by atoms with Crippen LogP contribution >= 0.6 is 0 Å². The van der Waals surface area contributed by atoms with E-state index in [-0.39, 0.29) is 0 Å². The van der Waals surface area contributed by atoms with Gasteiger partial charge in [-0.15, -0.1) is 0 Å². The Kier molecular flexibility index (Phi) is 1.90. The Morgan fingerprint density at radius 3 is 2.70 bits per heavy atom. The van der Waals surface area contributed by atoms with Gasteiger partial charge in [-0.2, -0.15) is 5.10 Å². The molecule has 0 amide bonds. The fraction of sp³-hybridized carbons (Fsp3) is 0.375. The maximum Gasteiger partial charge on any atom is 0.0607 e. The smallest absolute Gasteiger partial charge is 0.0607 e. The van der Waals surface area contributed by atoms with Gasteiger partial charge in [-0.25, -0.2) is 0 Å². The summed E-state index contributed by atoms with van der Waals surface area (Å²) in [7, 11) is 0. The summed E-state index contributed by atoms with van der Waals surface area (Å²) in [6, 6.07) is 0. The Bertz CT molecular complexity index is 315. The third kappa shape index (κ3) is 1.10. The summed E-state index contributed by atoms with van der Waals surface area (Å²) in [4.78, 5) is 0. The number of hydrogen-bond donors (Lipinski definition) is 1. The molecule has 0 atom stereocenters. The van der Waals surface area contributed by atoms with Crippen molar-refractivity contribution in [2.75, 3.05) is 0 Å². The first-order chi connectivity index (χ1) is 4.75. The number of aromatic nitrogens is 2. The minimum absolute atomic E-state index is 1.11. The molecule has 0 aliphatic rings. The zero-order valence-corrected chi connectivity index (χ0v) is 6.60. The molecule has 10 heavy (non-hydrogen) atoms. The number of hydrogen-bond acceptors (Lipinski definition) is 1. The average molecular weight is 136 g/mol. The molecule has 1 rings (SSSR count). The van der Waals surface area contributed by atoms with Gasteiger partial charge in [0.2, 0.25) is 0 Å². The van der Waals surface area contributed by atoms with Crippen LogP contribution in [-0.2, 0) is 0 Å². The van der Waals surface area contributed by atoms with Crippen LogP contribution in [0.4, 0.5) is 0 Å². The molecule has 1 aromatic heterocycles. The third-order valence-corrected chi connectivity index (χ3v) is 1.50. The van der Waals surface area contributed by atoms with Gasteiger partial charge >= 0.3 is 0 Å². The molecule has 0 saturated carbocycles. The summed E-state index contributed by atoms with van der Waals surface area (Å²) in [6.07, 6.45) is 3.88. The molecular formula is C8H12N2. The Hall–Kier alpha value is -1.05. The van der Waals surface area contributed by atoms with Gasteiger partial charge < -0.3 is 0 Å². The average Bonchev–Trinajstić information content (AvgIpc) is 2.33. The summed E-state index contributed by atoms with van der Waals surface area (Å²) in [5.41, 5.74) is 1.29. The zero-order valence-electron chi connectivity index (χ0n) is 6.60. The fourth-order valence-electron chi connectivity index (χ4n) is 0.915. The van der Waals surface area contributed by atoms with E-state index in [1.807, 2.05) is 19.2 Å². The van der Waals surface area contributed by atoms with Crippen LogP contribution in [0, 0.1) is 0 Å². The molecule has 0 saturated heterocycles. The normalized spacial score (nSPS) is 12.1. The summed E-state index contributed by atoms with van der Waals surface area (Å²) >= 11 is 0. The van der Waals surface area contributed by atoms with Crippen molar-refractivity contribution in [2.24, 2.45) is 0 Å². The van der Waals surface area contributed by atoms with Crippen LogP contribution in [0.5, 0.6) is 0 Å². The lowest BCUT2D eigenvalue weighted by molar-refractivity contribution is 1.06. The van der Waals surface area contributed by atoms with Crippen molar-refractivity contribution >= 4 is 11.6 Å². The van der Waals surface area contributed by atoms with Crippen LogP contribution in [0.2, 0.25) is 0 Å². The van der Waals surface area contributed by atoms with Crippen LogP contribution in [0.15, 0.2) is 6.20 Å². The van der Waals surface area contributed by atoms with Gasteiger partial charge in [0.15, 0.2) is 0 Å². The van der Waals surface area contributed by atoms with Crippen LogP contribution in [0.25, 0.3) is 11.6 Å². The van der Waals surface area contributed by atoms with Crippen molar-refractivity contribution in [3.63, 3.8) is 0 Å². The minimum Gasteiger partial charge on any atom is -0.278 e. The van der Waals surface area contributed by atoms with Gasteiger partial charge in [0.05, 0.1) is 11.5 Å². The minimum atomic E-state index is 1.11. The molecule has 1 heterocycles. The second-order valence-corrected chi connectivity index (χ2v) is 2.49. The molecule has 0 aromatic carbocycles. The summed E-state index contributed by atoms with van der Waals surface area (Å²) in [5.74, 6) is 0. The van der Waals surface area contributed by atoms with Gasteiger partial charge in [-0.3, -0.25) is 5.10 Å². The van der Waals surface area contributed by atoms with Crippen LogP contribution in [0.1, 0.15) is 20.8 Å². The number of nitrogens with zero attached hydrogens (tertiary/aromatic N) is 1. The summed E-state index contributed by atoms with van der Waals surface area (Å²) in [5, 5.41) is 9.17. The fourth-order valence-corrected chi connectivity index (χ4v) is 0.915. The van der Waals surface area contributed by atoms with Gasteiger partial charge in [0, 0.05) is 5.22 Å². The number of aromatic amines is 1. The van der Waals surface area contributed by atoms with E-state index in [1.54, 1.807) is 0 Å². The van der Waals surface area contributed by atoms with Crippen LogP contribution in [0.3, 0.4) is 0 Å². The first-order valence-electron chi connectivity index (χ1n) is 3.39. The summed E-state index contributed by atoms with van der Waals surface area (Å²) in [6.45, 7) is 6.16. The molecule has 0 aliphatic heterocycles. The second-order valence-electron chi connectivity index (χ2n) is 2.49. The molecular weight excluding hydrogens is 124 g/mol. The van der Waals surface area contributed by atoms with Gasteiger partial charge in [0.25, 0.3) is 0 Å². The Labute approximate surface area is 60.3 Å². The van der Waals surface area contributed by atoms with Crippen molar-refractivity contribution in [2.45, 2.75) is 20.8 Å². The number of rotatable bonds is 0. The predicted molar refractivity (Wildman–Crippen MR) is 42.7 cm³/mol. The Morgan fingerprint density at radius 2 is 2.30 bits per heavy atom. The van der Waals surface area contributed by atoms with Crippen LogP contribution in [-0.4, -0.2) is 10.2 Å². The van der Waals surface area contributed by atoms with E-state index < -0.39 is 0 Å². The quantitative estimate of drug-likeness (QED) is 0.549. The van der Waals surface area contributed by atoms with Gasteiger partial charge in [-0.1, -0.05) is 11.6 Å². The number of nitrogens with one attached hydrogen (secondary N) is 1. The summed E-state index contributed by atoms with van der Waals surface area (Å²) < 4.78 is 0. The van der Waals surface area contributed by atoms with E-state index in [9.17, 15) is 0 Å². The topological polar surface area (TPSA) is 28.7 Å². The van der Waals surface area contributed by atoms with Gasteiger partial charge in [-0.05, 0) is 20.8 Å². The lowest BCUT2D eigenvalue weighted by Crippen LogP contribution is -2.22. The predicted octanol–water partition coefficient (Wildman–Crippen LogP) is 0.401. The SMILES string of the molecule is C/C=c1/[nH]ncc1=C(C)C. The van der Waals surface area contributed by atoms with E-state index >= 15 is 0 Å². The Balaban J connectivity index is 3.59. The van der Waals surface area contributed by atoms with Crippen molar-refractivity contribution in [1.29, 1.82) is 0 Å². The van der Waals surface area contributed by atoms with Crippen molar-refractivity contribution < 1.29 is 0 Å². The molecule has 0 unspecified atom stereocenters. The highest BCUT2D eigenvalue weighted by molar-refractivity contribution is 5.38. The van der Waals surface area contributed by atoms with Gasteiger partial charge in [0.1, 0.15) is 0 Å². The van der Waals surface area contributed by atoms with E-state index in [0.29, 0.717) is 0 Å². The maximum absolute atomic E-state index is 3.94. The first kappa shape index (κ1) is 7.06. The zero-order chi connectivity index (χ0) is 7.56. The molecule has 1 N–H and O–H groups in total. The maximum atomic E-state index is 3.94. The molecule has 54 valence electrons. The molecule has 0 spiro atoms. The highest BCUT2D eigenvalue weighted by Crippen LogP contribution is 1.80. The van der Waals surface area contributed by atoms with Crippen molar-refractivity contribution in [3.8, 4) is 0 Å². The molecule has 0 aliphatic carbocycles. The highest BCUT2D eigenvalue weighted by atomic mass is 15.1. The van der Waals surface area contributed by atoms with Crippen LogP contribution < -0.4 is 10.6 Å². The molecule has 1 aromatic rings. The molecule has 0 fully saturated rings. The van der Waals surface area contributed by atoms with Crippen molar-refractivity contribution in [1.82, 2.24) is 10.2 Å². The lowest BCUT2D eigenvalue weighted by atomic mass is 10.2. The molecule has 0 radical (unpaired) electrons. The van der Waals surface area contributed by atoms with E-state index in [1.165, 1.54) is 10.8 Å². The van der Waals surface area contributed by atoms with E-state index in [0.717, 1.165) is 5.35 Å². The highest BCUT2D eigenvalue weighted by Gasteiger charge is 1.86. The third-order valence-electron chi connectivity index (χ3n) is 1.50. The van der Waals surface area contributed by atoms with E-state index in [4.69, 9.17) is 0 Å². The monoisotopic (exact) mass is 136 g/mol. The molecule has 2 nitrogen and oxygen atoms in total. The first-order valence-corrected chi connectivity index (χ1v) is 3.39. The van der Waals surface area contributed by atoms with Crippen molar-refractivity contribution in [3.05, 3.63) is 16.8 Å². The molecule has 2 heteroatoms. The second kappa shape index (κ2) is 2.69. The number of H-pyrrole nitrogens is 1. The molecule has 0 bridgehead atoms.